The molecule has 1 aromatic rings. The fourth-order valence-electron chi connectivity index (χ4n) is 2.46. The molecule has 0 aromatic heterocycles. The van der Waals surface area contributed by atoms with E-state index in [0.29, 0.717) is 6.61 Å². The molecule has 0 fully saturated rings. The molecule has 1 rings (SSSR count). The second-order valence-corrected chi connectivity index (χ2v) is 8.50. The van der Waals surface area contributed by atoms with Gasteiger partial charge in [0.2, 0.25) is 0 Å². The zero-order chi connectivity index (χ0) is 20.0. The molecule has 0 heterocycles. The van der Waals surface area contributed by atoms with E-state index in [1.807, 2.05) is 12.1 Å². The number of carboxylic acid groups (broad SMARTS) is 1. The SMILES string of the molecule is O=C([O-])/C=C/c1ccc(OCCCCCCCCCCOS(=O)(O)=S)cc1.[Na+]. The predicted octanol–water partition coefficient (Wildman–Crippen LogP) is 0.104. The number of carbonyl (C=O) groups is 1. The Bertz CT molecular complexity index is 674. The average molecular weight is 439 g/mol. The summed E-state index contributed by atoms with van der Waals surface area (Å²) in [7, 11) is -3.47. The van der Waals surface area contributed by atoms with Crippen LogP contribution in [-0.4, -0.2) is 27.9 Å². The molecule has 9 heteroatoms. The molecule has 0 radical (unpaired) electrons. The van der Waals surface area contributed by atoms with E-state index < -0.39 is 15.0 Å². The smallest absolute Gasteiger partial charge is 0.545 e. The van der Waals surface area contributed by atoms with Crippen LogP contribution >= 0.6 is 0 Å². The number of rotatable bonds is 15. The largest absolute Gasteiger partial charge is 1.00 e. The van der Waals surface area contributed by atoms with Crippen molar-refractivity contribution in [2.75, 3.05) is 13.2 Å². The van der Waals surface area contributed by atoms with Gasteiger partial charge >= 0.3 is 29.6 Å². The summed E-state index contributed by atoms with van der Waals surface area (Å²) < 4.78 is 29.8. The molecule has 6 nitrogen and oxygen atoms in total. The zero-order valence-corrected chi connectivity index (χ0v) is 20.0. The van der Waals surface area contributed by atoms with Crippen LogP contribution in [0, 0.1) is 0 Å². The van der Waals surface area contributed by atoms with Gasteiger partial charge in [-0.25, -0.2) is 0 Å². The third-order valence-corrected chi connectivity index (χ3v) is 4.58. The molecule has 1 aromatic carbocycles. The molecule has 0 aliphatic carbocycles. The molecule has 0 aliphatic heterocycles. The Labute approximate surface area is 194 Å². The number of hydrogen-bond acceptors (Lipinski definition) is 6. The van der Waals surface area contributed by atoms with E-state index in [0.717, 1.165) is 68.8 Å². The topological polar surface area (TPSA) is 95.9 Å². The summed E-state index contributed by atoms with van der Waals surface area (Å²) in [6.45, 7) is 0.900. The summed E-state index contributed by atoms with van der Waals surface area (Å²) in [4.78, 5) is 10.4. The van der Waals surface area contributed by atoms with Crippen LogP contribution < -0.4 is 39.4 Å². The van der Waals surface area contributed by atoms with E-state index >= 15 is 0 Å². The minimum atomic E-state index is -3.47. The molecule has 0 aliphatic rings. The fraction of sp³-hybridized carbons (Fsp3) is 0.526. The Morgan fingerprint density at radius 3 is 2.00 bits per heavy atom. The van der Waals surface area contributed by atoms with Crippen molar-refractivity contribution in [1.29, 1.82) is 0 Å². The van der Waals surface area contributed by atoms with E-state index in [1.165, 1.54) is 6.08 Å². The second kappa shape index (κ2) is 16.3. The quantitative estimate of drug-likeness (QED) is 0.236. The van der Waals surface area contributed by atoms with E-state index in [4.69, 9.17) is 9.29 Å². The Morgan fingerprint density at radius 1 is 1.00 bits per heavy atom. The van der Waals surface area contributed by atoms with E-state index in [-0.39, 0.29) is 36.2 Å². The number of aliphatic carboxylic acids is 1. The summed E-state index contributed by atoms with van der Waals surface area (Å²) in [6, 6.07) is 7.24. The maximum absolute atomic E-state index is 10.7. The van der Waals surface area contributed by atoms with Crippen molar-refractivity contribution in [1.82, 2.24) is 0 Å². The van der Waals surface area contributed by atoms with Crippen LogP contribution in [0.5, 0.6) is 5.75 Å². The third-order valence-electron chi connectivity index (χ3n) is 3.83. The van der Waals surface area contributed by atoms with Crippen molar-refractivity contribution in [3.05, 3.63) is 35.9 Å². The first-order valence-corrected chi connectivity index (χ1v) is 11.5. The first-order chi connectivity index (χ1) is 12.9. The molecule has 1 N–H and O–H groups in total. The number of carboxylic acids is 1. The normalized spacial score (nSPS) is 13.0. The zero-order valence-electron chi connectivity index (χ0n) is 16.3. The summed E-state index contributed by atoms with van der Waals surface area (Å²) in [6.07, 6.45) is 10.9. The van der Waals surface area contributed by atoms with Crippen molar-refractivity contribution in [2.24, 2.45) is 0 Å². The number of carbonyl (C=O) groups excluding carboxylic acids is 1. The van der Waals surface area contributed by atoms with Gasteiger partial charge in [0, 0.05) is 11.2 Å². The maximum Gasteiger partial charge on any atom is 1.00 e. The maximum atomic E-state index is 10.7. The van der Waals surface area contributed by atoms with Crippen LogP contribution in [0.1, 0.15) is 56.9 Å². The Morgan fingerprint density at radius 2 is 1.50 bits per heavy atom. The minimum Gasteiger partial charge on any atom is -0.545 e. The van der Waals surface area contributed by atoms with Crippen LogP contribution in [0.4, 0.5) is 0 Å². The van der Waals surface area contributed by atoms with Gasteiger partial charge in [0.1, 0.15) is 5.75 Å². The molecular formula is C19H27NaO6S2. The monoisotopic (exact) mass is 438 g/mol. The van der Waals surface area contributed by atoms with E-state index in [2.05, 4.69) is 15.4 Å². The second-order valence-electron chi connectivity index (χ2n) is 6.15. The Kier molecular flexibility index (Phi) is 16.1. The molecular weight excluding hydrogens is 411 g/mol. The summed E-state index contributed by atoms with van der Waals surface area (Å²) in [5.74, 6) is -0.441. The standard InChI is InChI=1S/C19H28O6S2.Na/c20-19(21)14-11-17-9-12-18(13-10-17)24-15-7-5-3-1-2-4-6-8-16-25-27(22,23)26;/h9-14H,1-8,15-16H2,(H,20,21)(H,22,23,26);/q;+1/p-1/b14-11+;. The van der Waals surface area contributed by atoms with Crippen LogP contribution in [0.3, 0.4) is 0 Å². The molecule has 152 valence electrons. The minimum absolute atomic E-state index is 0. The van der Waals surface area contributed by atoms with Gasteiger partial charge in [-0.05, 0) is 36.6 Å². The molecule has 0 saturated heterocycles. The first-order valence-electron chi connectivity index (χ1n) is 9.10. The van der Waals surface area contributed by atoms with Gasteiger partial charge in [0.25, 0.3) is 9.05 Å². The summed E-state index contributed by atoms with van der Waals surface area (Å²) in [5.41, 5.74) is 0.784. The van der Waals surface area contributed by atoms with Crippen molar-refractivity contribution in [3.8, 4) is 5.75 Å². The molecule has 0 saturated carbocycles. The van der Waals surface area contributed by atoms with Gasteiger partial charge in [-0.3, -0.25) is 8.74 Å². The van der Waals surface area contributed by atoms with Crippen molar-refractivity contribution >= 4 is 32.3 Å². The molecule has 1 unspecified atom stereocenters. The van der Waals surface area contributed by atoms with Crippen molar-refractivity contribution in [3.63, 3.8) is 0 Å². The number of benzene rings is 1. The third kappa shape index (κ3) is 16.5. The first kappa shape index (κ1) is 27.5. The van der Waals surface area contributed by atoms with Gasteiger partial charge < -0.3 is 14.6 Å². The Balaban J connectivity index is 0.00000729. The summed E-state index contributed by atoms with van der Waals surface area (Å²) >= 11 is 4.24. The Hall–Kier alpha value is -0.480. The molecule has 28 heavy (non-hydrogen) atoms. The molecule has 0 bridgehead atoms. The molecule has 1 atom stereocenters. The van der Waals surface area contributed by atoms with E-state index in [9.17, 15) is 14.1 Å². The number of unbranched alkanes of at least 4 members (excludes halogenated alkanes) is 7. The molecule has 0 amide bonds. The molecule has 0 spiro atoms. The van der Waals surface area contributed by atoms with Crippen LogP contribution in [0.2, 0.25) is 0 Å². The van der Waals surface area contributed by atoms with E-state index in [1.54, 1.807) is 12.1 Å². The van der Waals surface area contributed by atoms with Gasteiger partial charge in [0.05, 0.1) is 19.2 Å². The average Bonchev–Trinajstić information content (AvgIpc) is 2.61. The predicted molar refractivity (Wildman–Crippen MR) is 107 cm³/mol. The van der Waals surface area contributed by atoms with Crippen LogP contribution in [0.25, 0.3) is 6.08 Å². The summed E-state index contributed by atoms with van der Waals surface area (Å²) in [5, 5.41) is 10.4. The van der Waals surface area contributed by atoms with Crippen LogP contribution in [0.15, 0.2) is 30.3 Å². The van der Waals surface area contributed by atoms with Crippen LogP contribution in [-0.2, 0) is 29.2 Å². The fourth-order valence-corrected chi connectivity index (χ4v) is 2.99. The number of hydrogen-bond donors (Lipinski definition) is 1. The van der Waals surface area contributed by atoms with Gasteiger partial charge in [0.15, 0.2) is 0 Å². The van der Waals surface area contributed by atoms with Crippen molar-refractivity contribution in [2.45, 2.75) is 51.4 Å². The van der Waals surface area contributed by atoms with Gasteiger partial charge in [-0.15, -0.1) is 0 Å². The number of ether oxygens (including phenoxy) is 1. The van der Waals surface area contributed by atoms with Gasteiger partial charge in [-0.2, -0.15) is 4.21 Å². The van der Waals surface area contributed by atoms with Crippen molar-refractivity contribution < 1.29 is 57.1 Å². The van der Waals surface area contributed by atoms with Gasteiger partial charge in [-0.1, -0.05) is 56.7 Å².